The third kappa shape index (κ3) is 2.47. The number of benzene rings is 1. The first-order valence-corrected chi connectivity index (χ1v) is 6.85. The number of nitrogens with zero attached hydrogens (tertiary/aromatic N) is 3. The summed E-state index contributed by atoms with van der Waals surface area (Å²) in [6.45, 7) is 4.07. The molecule has 20 heavy (non-hydrogen) atoms. The number of rotatable bonds is 3. The number of hydrogen-bond acceptors (Lipinski definition) is 3. The van der Waals surface area contributed by atoms with E-state index in [2.05, 4.69) is 15.4 Å². The Morgan fingerprint density at radius 1 is 1.20 bits per heavy atom. The molecule has 0 saturated carbocycles. The molecule has 4 nitrogen and oxygen atoms in total. The van der Waals surface area contributed by atoms with Crippen molar-refractivity contribution in [1.29, 1.82) is 0 Å². The van der Waals surface area contributed by atoms with Gasteiger partial charge in [-0.05, 0) is 37.1 Å². The molecule has 3 aromatic rings. The van der Waals surface area contributed by atoms with Gasteiger partial charge in [-0.25, -0.2) is 4.52 Å². The van der Waals surface area contributed by atoms with Crippen LogP contribution in [0.1, 0.15) is 24.1 Å². The smallest absolute Gasteiger partial charge is 0.243 e. The summed E-state index contributed by atoms with van der Waals surface area (Å²) in [5.41, 5.74) is 3.00. The third-order valence-electron chi connectivity index (χ3n) is 3.20. The topological polar surface area (TPSA) is 42.2 Å². The van der Waals surface area contributed by atoms with Gasteiger partial charge in [-0.3, -0.25) is 0 Å². The highest BCUT2D eigenvalue weighted by Crippen LogP contribution is 2.24. The minimum absolute atomic E-state index is 0.0437. The lowest BCUT2D eigenvalue weighted by Crippen LogP contribution is -2.08. The number of aryl methyl sites for hydroxylation is 1. The molecule has 0 bridgehead atoms. The van der Waals surface area contributed by atoms with Crippen LogP contribution in [-0.4, -0.2) is 14.6 Å². The summed E-state index contributed by atoms with van der Waals surface area (Å²) in [4.78, 5) is 4.45. The van der Waals surface area contributed by atoms with Gasteiger partial charge >= 0.3 is 0 Å². The predicted molar refractivity (Wildman–Crippen MR) is 81.2 cm³/mol. The van der Waals surface area contributed by atoms with Crippen LogP contribution in [0.15, 0.2) is 42.6 Å². The largest absolute Gasteiger partial charge is 0.346 e. The summed E-state index contributed by atoms with van der Waals surface area (Å²) in [5, 5.41) is 8.44. The lowest BCUT2D eigenvalue weighted by atomic mass is 10.1. The van der Waals surface area contributed by atoms with E-state index in [0.29, 0.717) is 5.95 Å². The van der Waals surface area contributed by atoms with Crippen LogP contribution >= 0.6 is 11.6 Å². The normalized spacial score (nSPS) is 12.6. The maximum Gasteiger partial charge on any atom is 0.243 e. The van der Waals surface area contributed by atoms with Crippen LogP contribution < -0.4 is 5.32 Å². The molecular formula is C15H15ClN4. The zero-order valence-corrected chi connectivity index (χ0v) is 12.1. The molecule has 0 spiro atoms. The van der Waals surface area contributed by atoms with E-state index >= 15 is 0 Å². The fourth-order valence-electron chi connectivity index (χ4n) is 2.14. The number of anilines is 1. The van der Waals surface area contributed by atoms with Gasteiger partial charge in [0.05, 0.1) is 6.04 Å². The molecule has 0 aliphatic heterocycles. The van der Waals surface area contributed by atoms with Crippen LogP contribution in [0, 0.1) is 6.92 Å². The second-order valence-electron chi connectivity index (χ2n) is 4.83. The van der Waals surface area contributed by atoms with Gasteiger partial charge in [-0.15, -0.1) is 5.10 Å². The van der Waals surface area contributed by atoms with Crippen LogP contribution in [0.3, 0.4) is 0 Å². The van der Waals surface area contributed by atoms with E-state index < -0.39 is 0 Å². The van der Waals surface area contributed by atoms with E-state index in [1.807, 2.05) is 56.4 Å². The molecule has 0 aliphatic rings. The number of nitrogens with one attached hydrogen (secondary N) is 1. The highest BCUT2D eigenvalue weighted by atomic mass is 35.5. The van der Waals surface area contributed by atoms with E-state index in [1.165, 1.54) is 0 Å². The average Bonchev–Trinajstić information content (AvgIpc) is 2.80. The molecule has 0 amide bonds. The maximum absolute atomic E-state index is 6.20. The molecule has 0 saturated heterocycles. The maximum atomic E-state index is 6.20. The first-order chi connectivity index (χ1) is 9.63. The monoisotopic (exact) mass is 286 g/mol. The number of halogens is 1. The first kappa shape index (κ1) is 12.9. The molecular weight excluding hydrogens is 272 g/mol. The van der Waals surface area contributed by atoms with Crippen LogP contribution in [0.2, 0.25) is 5.02 Å². The van der Waals surface area contributed by atoms with Gasteiger partial charge in [0.2, 0.25) is 5.95 Å². The quantitative estimate of drug-likeness (QED) is 0.795. The minimum atomic E-state index is 0.0437. The second kappa shape index (κ2) is 5.13. The SMILES string of the molecule is Cc1ccc2nc(NC(C)c3ccccc3Cl)nn2c1. The highest BCUT2D eigenvalue weighted by Gasteiger charge is 2.11. The van der Waals surface area contributed by atoms with Crippen molar-refractivity contribution < 1.29 is 0 Å². The summed E-state index contributed by atoms with van der Waals surface area (Å²) < 4.78 is 1.77. The Hall–Kier alpha value is -2.07. The Bertz CT molecular complexity index is 750. The predicted octanol–water partition coefficient (Wildman–Crippen LogP) is 3.86. The van der Waals surface area contributed by atoms with Gasteiger partial charge in [0.1, 0.15) is 0 Å². The van der Waals surface area contributed by atoms with Crippen molar-refractivity contribution in [2.45, 2.75) is 19.9 Å². The molecule has 0 radical (unpaired) electrons. The molecule has 2 heterocycles. The Morgan fingerprint density at radius 2 is 2.00 bits per heavy atom. The standard InChI is InChI=1S/C15H15ClN4/c1-10-7-8-14-18-15(19-20(14)9-10)17-11(2)12-5-3-4-6-13(12)16/h3-9,11H,1-2H3,(H,17,19). The van der Waals surface area contributed by atoms with Crippen LogP contribution in [0.25, 0.3) is 5.65 Å². The van der Waals surface area contributed by atoms with Crippen molar-refractivity contribution in [1.82, 2.24) is 14.6 Å². The lowest BCUT2D eigenvalue weighted by molar-refractivity contribution is 0.852. The van der Waals surface area contributed by atoms with Gasteiger partial charge in [0, 0.05) is 11.2 Å². The fraction of sp³-hybridized carbons (Fsp3) is 0.200. The summed E-state index contributed by atoms with van der Waals surface area (Å²) in [6, 6.07) is 11.8. The molecule has 1 N–H and O–H groups in total. The van der Waals surface area contributed by atoms with E-state index in [9.17, 15) is 0 Å². The van der Waals surface area contributed by atoms with E-state index in [0.717, 1.165) is 21.8 Å². The van der Waals surface area contributed by atoms with Crippen molar-refractivity contribution in [2.75, 3.05) is 5.32 Å². The molecule has 0 aliphatic carbocycles. The summed E-state index contributed by atoms with van der Waals surface area (Å²) >= 11 is 6.20. The van der Waals surface area contributed by atoms with Gasteiger partial charge < -0.3 is 5.32 Å². The Labute approximate surface area is 122 Å². The molecule has 3 rings (SSSR count). The summed E-state index contributed by atoms with van der Waals surface area (Å²) in [5.74, 6) is 0.600. The van der Waals surface area contributed by atoms with E-state index in [4.69, 9.17) is 11.6 Å². The Kier molecular flexibility index (Phi) is 3.32. The zero-order valence-electron chi connectivity index (χ0n) is 11.3. The Morgan fingerprint density at radius 3 is 2.80 bits per heavy atom. The van der Waals surface area contributed by atoms with Crippen LogP contribution in [0.4, 0.5) is 5.95 Å². The van der Waals surface area contributed by atoms with Crippen LogP contribution in [-0.2, 0) is 0 Å². The minimum Gasteiger partial charge on any atom is -0.346 e. The van der Waals surface area contributed by atoms with Gasteiger partial charge in [0.15, 0.2) is 5.65 Å². The molecule has 1 atom stereocenters. The van der Waals surface area contributed by atoms with Crippen LogP contribution in [0.5, 0.6) is 0 Å². The second-order valence-corrected chi connectivity index (χ2v) is 5.24. The number of pyridine rings is 1. The number of fused-ring (bicyclic) bond motifs is 1. The molecule has 1 unspecified atom stereocenters. The van der Waals surface area contributed by atoms with Crippen molar-refractivity contribution in [2.24, 2.45) is 0 Å². The van der Waals surface area contributed by atoms with Gasteiger partial charge in [0.25, 0.3) is 0 Å². The van der Waals surface area contributed by atoms with Crippen molar-refractivity contribution in [3.8, 4) is 0 Å². The van der Waals surface area contributed by atoms with Crippen molar-refractivity contribution in [3.05, 3.63) is 58.7 Å². The van der Waals surface area contributed by atoms with E-state index in [1.54, 1.807) is 4.52 Å². The lowest BCUT2D eigenvalue weighted by Gasteiger charge is -2.13. The molecule has 2 aromatic heterocycles. The van der Waals surface area contributed by atoms with E-state index in [-0.39, 0.29) is 6.04 Å². The fourth-order valence-corrected chi connectivity index (χ4v) is 2.44. The molecule has 1 aromatic carbocycles. The summed E-state index contributed by atoms with van der Waals surface area (Å²) in [6.07, 6.45) is 1.95. The number of aromatic nitrogens is 3. The highest BCUT2D eigenvalue weighted by molar-refractivity contribution is 6.31. The molecule has 5 heteroatoms. The molecule has 0 fully saturated rings. The molecule has 102 valence electrons. The average molecular weight is 287 g/mol. The first-order valence-electron chi connectivity index (χ1n) is 6.47. The Balaban J connectivity index is 1.87. The van der Waals surface area contributed by atoms with Gasteiger partial charge in [-0.1, -0.05) is 35.9 Å². The van der Waals surface area contributed by atoms with Crippen molar-refractivity contribution in [3.63, 3.8) is 0 Å². The van der Waals surface area contributed by atoms with Crippen molar-refractivity contribution >= 4 is 23.2 Å². The number of hydrogen-bond donors (Lipinski definition) is 1. The summed E-state index contributed by atoms with van der Waals surface area (Å²) in [7, 11) is 0. The third-order valence-corrected chi connectivity index (χ3v) is 3.54. The zero-order chi connectivity index (χ0) is 14.1. The van der Waals surface area contributed by atoms with Gasteiger partial charge in [-0.2, -0.15) is 4.98 Å².